The summed E-state index contributed by atoms with van der Waals surface area (Å²) in [4.78, 5) is 0. The Morgan fingerprint density at radius 3 is 1.69 bits per heavy atom. The van der Waals surface area contributed by atoms with Gasteiger partial charge in [0.1, 0.15) is 0 Å². The molecule has 0 atom stereocenters. The highest BCUT2D eigenvalue weighted by Crippen LogP contribution is 2.47. The molecule has 2 nitrogen and oxygen atoms in total. The summed E-state index contributed by atoms with van der Waals surface area (Å²) in [6.07, 6.45) is 1.96. The molecule has 0 saturated heterocycles. The molecule has 0 bridgehead atoms. The minimum Gasteiger partial charge on any atom is -0.309 e. The number of hydrogen-bond donors (Lipinski definition) is 0. The van der Waals surface area contributed by atoms with Gasteiger partial charge < -0.3 is 9.13 Å². The summed E-state index contributed by atoms with van der Waals surface area (Å²) in [7, 11) is 0. The van der Waals surface area contributed by atoms with E-state index >= 15 is 0 Å². The summed E-state index contributed by atoms with van der Waals surface area (Å²) in [5.74, 6) is 0. The highest BCUT2D eigenvalue weighted by Gasteiger charge is 2.25. The summed E-state index contributed by atoms with van der Waals surface area (Å²) in [6, 6.07) is 63.3. The van der Waals surface area contributed by atoms with Crippen LogP contribution in [0.25, 0.3) is 88.4 Å². The molecule has 2 aromatic heterocycles. The van der Waals surface area contributed by atoms with Crippen LogP contribution in [0, 0.1) is 0 Å². The highest BCUT2D eigenvalue weighted by molar-refractivity contribution is 6.19. The fourth-order valence-corrected chi connectivity index (χ4v) is 9.48. The Morgan fingerprint density at radius 2 is 0.904 bits per heavy atom. The van der Waals surface area contributed by atoms with E-state index in [4.69, 9.17) is 0 Å². The van der Waals surface area contributed by atoms with Crippen LogP contribution in [-0.2, 0) is 12.8 Å². The van der Waals surface area contributed by atoms with E-state index < -0.39 is 0 Å². The van der Waals surface area contributed by atoms with Crippen molar-refractivity contribution in [3.05, 3.63) is 192 Å². The fourth-order valence-electron chi connectivity index (χ4n) is 9.48. The summed E-state index contributed by atoms with van der Waals surface area (Å²) in [5.41, 5.74) is 21.1. The predicted octanol–water partition coefficient (Wildman–Crippen LogP) is 12.7. The number of fused-ring (bicyclic) bond motifs is 12. The van der Waals surface area contributed by atoms with Crippen molar-refractivity contribution in [2.45, 2.75) is 12.8 Å². The molecule has 0 saturated carbocycles. The van der Waals surface area contributed by atoms with Crippen molar-refractivity contribution in [3.8, 4) is 44.8 Å². The van der Waals surface area contributed by atoms with Crippen LogP contribution < -0.4 is 0 Å². The van der Waals surface area contributed by atoms with Crippen LogP contribution in [0.3, 0.4) is 0 Å². The molecule has 0 aliphatic heterocycles. The zero-order valence-corrected chi connectivity index (χ0v) is 28.5. The third-order valence-corrected chi connectivity index (χ3v) is 11.7. The Morgan fingerprint density at radius 1 is 0.308 bits per heavy atom. The number of aromatic nitrogens is 2. The van der Waals surface area contributed by atoms with Gasteiger partial charge in [0.25, 0.3) is 0 Å². The van der Waals surface area contributed by atoms with Gasteiger partial charge in [-0.25, -0.2) is 0 Å². The molecule has 2 heteroatoms. The first-order valence-corrected chi connectivity index (χ1v) is 18.3. The Balaban J connectivity index is 1.07. The average Bonchev–Trinajstić information content (AvgIpc) is 3.94. The van der Waals surface area contributed by atoms with E-state index in [0.29, 0.717) is 0 Å². The lowest BCUT2D eigenvalue weighted by Crippen LogP contribution is -1.96. The number of rotatable bonds is 3. The number of hydrogen-bond acceptors (Lipinski definition) is 0. The van der Waals surface area contributed by atoms with Crippen molar-refractivity contribution >= 4 is 43.6 Å². The van der Waals surface area contributed by atoms with Crippen LogP contribution in [0.1, 0.15) is 22.3 Å². The second kappa shape index (κ2) is 10.4. The molecule has 2 heterocycles. The van der Waals surface area contributed by atoms with E-state index in [1.54, 1.807) is 0 Å². The zero-order chi connectivity index (χ0) is 33.9. The van der Waals surface area contributed by atoms with Gasteiger partial charge >= 0.3 is 0 Å². The maximum Gasteiger partial charge on any atom is 0.0548 e. The van der Waals surface area contributed by atoms with Crippen molar-refractivity contribution in [2.75, 3.05) is 0 Å². The quantitative estimate of drug-likeness (QED) is 0.178. The molecule has 242 valence electrons. The van der Waals surface area contributed by atoms with Gasteiger partial charge in [-0.05, 0) is 117 Å². The van der Waals surface area contributed by atoms with E-state index in [1.165, 1.54) is 111 Å². The smallest absolute Gasteiger partial charge is 0.0548 e. The first-order chi connectivity index (χ1) is 25.8. The molecule has 2 aliphatic carbocycles. The second-order valence-corrected chi connectivity index (χ2v) is 14.5. The lowest BCUT2D eigenvalue weighted by molar-refractivity contribution is 1.17. The molecule has 0 spiro atoms. The van der Waals surface area contributed by atoms with Crippen molar-refractivity contribution in [1.82, 2.24) is 9.13 Å². The molecule has 0 amide bonds. The maximum absolute atomic E-state index is 2.49. The Hall–Kier alpha value is -6.64. The van der Waals surface area contributed by atoms with Gasteiger partial charge in [0, 0.05) is 32.9 Å². The van der Waals surface area contributed by atoms with Crippen LogP contribution in [0.4, 0.5) is 0 Å². The van der Waals surface area contributed by atoms with Crippen LogP contribution >= 0.6 is 0 Å². The van der Waals surface area contributed by atoms with Crippen molar-refractivity contribution in [1.29, 1.82) is 0 Å². The van der Waals surface area contributed by atoms with Crippen LogP contribution in [0.2, 0.25) is 0 Å². The molecule has 0 unspecified atom stereocenters. The van der Waals surface area contributed by atoms with Gasteiger partial charge in [0.15, 0.2) is 0 Å². The number of nitrogens with zero attached hydrogens (tertiary/aromatic N) is 2. The first kappa shape index (κ1) is 28.1. The largest absolute Gasteiger partial charge is 0.309 e. The molecule has 52 heavy (non-hydrogen) atoms. The number of para-hydroxylation sites is 3. The summed E-state index contributed by atoms with van der Waals surface area (Å²) in [5, 5.41) is 5.07. The summed E-state index contributed by atoms with van der Waals surface area (Å²) < 4.78 is 4.91. The van der Waals surface area contributed by atoms with E-state index in [0.717, 1.165) is 12.8 Å². The topological polar surface area (TPSA) is 9.86 Å². The lowest BCUT2D eigenvalue weighted by atomic mass is 9.92. The van der Waals surface area contributed by atoms with Crippen LogP contribution in [0.5, 0.6) is 0 Å². The Labute approximate surface area is 301 Å². The average molecular weight is 661 g/mol. The van der Waals surface area contributed by atoms with Gasteiger partial charge in [0.2, 0.25) is 0 Å². The van der Waals surface area contributed by atoms with Crippen molar-refractivity contribution < 1.29 is 0 Å². The SMILES string of the molecule is c1ccc(-n2c3ccccc3c3cc4c(cc32)c2ccccc2n4-c2ccc3c(c2)-c2c(cccc2-c2ccc4c(c2)Cc2ccccc2-4)C3)cc1. The molecule has 0 radical (unpaired) electrons. The van der Waals surface area contributed by atoms with E-state index in [9.17, 15) is 0 Å². The van der Waals surface area contributed by atoms with Crippen LogP contribution in [-0.4, -0.2) is 9.13 Å². The molecule has 10 aromatic rings. The molecule has 0 N–H and O–H groups in total. The Bertz CT molecular complexity index is 3120. The molecular weight excluding hydrogens is 629 g/mol. The summed E-state index contributed by atoms with van der Waals surface area (Å²) in [6.45, 7) is 0. The highest BCUT2D eigenvalue weighted by atomic mass is 15.0. The maximum atomic E-state index is 2.49. The summed E-state index contributed by atoms with van der Waals surface area (Å²) >= 11 is 0. The molecule has 8 aromatic carbocycles. The second-order valence-electron chi connectivity index (χ2n) is 14.5. The van der Waals surface area contributed by atoms with Gasteiger partial charge in [0.05, 0.1) is 22.1 Å². The molecular formula is C50H32N2. The van der Waals surface area contributed by atoms with Crippen molar-refractivity contribution in [2.24, 2.45) is 0 Å². The molecule has 12 rings (SSSR count). The molecule has 2 aliphatic rings. The monoisotopic (exact) mass is 660 g/mol. The van der Waals surface area contributed by atoms with Gasteiger partial charge in [-0.2, -0.15) is 0 Å². The minimum atomic E-state index is 0.960. The van der Waals surface area contributed by atoms with Gasteiger partial charge in [-0.3, -0.25) is 0 Å². The third kappa shape index (κ3) is 3.84. The van der Waals surface area contributed by atoms with Crippen molar-refractivity contribution in [3.63, 3.8) is 0 Å². The van der Waals surface area contributed by atoms with E-state index in [-0.39, 0.29) is 0 Å². The lowest BCUT2D eigenvalue weighted by Gasteiger charge is -2.14. The molecule has 0 fully saturated rings. The zero-order valence-electron chi connectivity index (χ0n) is 28.5. The first-order valence-electron chi connectivity index (χ1n) is 18.3. The Kier molecular flexibility index (Phi) is 5.64. The van der Waals surface area contributed by atoms with Crippen LogP contribution in [0.15, 0.2) is 170 Å². The number of benzene rings is 8. The fraction of sp³-hybridized carbons (Fsp3) is 0.0400. The minimum absolute atomic E-state index is 0.960. The normalized spacial score (nSPS) is 12.8. The van der Waals surface area contributed by atoms with E-state index in [2.05, 4.69) is 179 Å². The predicted molar refractivity (Wildman–Crippen MR) is 217 cm³/mol. The van der Waals surface area contributed by atoms with Gasteiger partial charge in [-0.15, -0.1) is 0 Å². The van der Waals surface area contributed by atoms with Gasteiger partial charge in [-0.1, -0.05) is 121 Å². The standard InChI is InChI=1S/C50H32N2/c1-2-13-36(14-3-1)51-46-19-8-6-16-41(46)44-30-49-45(29-48(44)51)42-17-7-9-20-47(42)52(49)37-23-21-33-25-34-12-10-18-40(50(34)43(33)28-37)32-22-24-39-35(27-32)26-31-11-4-5-15-38(31)39/h1-24,27-30H,25-26H2. The third-order valence-electron chi connectivity index (χ3n) is 11.7. The van der Waals surface area contributed by atoms with E-state index in [1.807, 2.05) is 0 Å².